The van der Waals surface area contributed by atoms with E-state index in [0.29, 0.717) is 22.7 Å². The molecular weight excluding hydrogens is 683 g/mol. The van der Waals surface area contributed by atoms with Crippen molar-refractivity contribution in [1.82, 2.24) is 39.9 Å². The van der Waals surface area contributed by atoms with Gasteiger partial charge in [0, 0.05) is 21.4 Å². The highest BCUT2D eigenvalue weighted by Gasteiger charge is 2.12. The van der Waals surface area contributed by atoms with E-state index < -0.39 is 8.26 Å². The lowest BCUT2D eigenvalue weighted by molar-refractivity contribution is 0.621. The zero-order chi connectivity index (χ0) is 25.8. The lowest BCUT2D eigenvalue weighted by Gasteiger charge is -2.02. The highest BCUT2D eigenvalue weighted by atomic mass is 36.0. The summed E-state index contributed by atoms with van der Waals surface area (Å²) in [7, 11) is 4.81. The summed E-state index contributed by atoms with van der Waals surface area (Å²) < 4.78 is 18.3. The van der Waals surface area contributed by atoms with Crippen LogP contribution in [0.4, 0.5) is 0 Å². The molecule has 0 saturated carbocycles. The van der Waals surface area contributed by atoms with Gasteiger partial charge >= 0.3 is 8.26 Å². The molecule has 0 unspecified atom stereocenters. The van der Waals surface area contributed by atoms with Crippen LogP contribution in [0.25, 0.3) is 22.3 Å². The van der Waals surface area contributed by atoms with E-state index in [1.165, 1.54) is 0 Å². The van der Waals surface area contributed by atoms with Crippen molar-refractivity contribution in [3.63, 3.8) is 0 Å². The first kappa shape index (κ1) is 30.0. The molecule has 21 heteroatoms. The molecular formula is C13H3Cl9N8O2S2. The van der Waals surface area contributed by atoms with Crippen LogP contribution in [0.2, 0.25) is 36.2 Å². The number of nitrogens with zero attached hydrogens (tertiary/aromatic N) is 8. The fourth-order valence-corrected chi connectivity index (χ4v) is 3.11. The lowest BCUT2D eigenvalue weighted by Crippen LogP contribution is -1.98. The third-order valence-electron chi connectivity index (χ3n) is 2.98. The molecule has 4 rings (SSSR count). The van der Waals surface area contributed by atoms with Gasteiger partial charge in [0.15, 0.2) is 42.2 Å². The first-order chi connectivity index (χ1) is 15.7. The molecule has 0 bridgehead atoms. The van der Waals surface area contributed by atoms with E-state index in [9.17, 15) is 0 Å². The minimum Gasteiger partial charge on any atom is -0.226 e. The third-order valence-corrected chi connectivity index (χ3v) is 5.20. The van der Waals surface area contributed by atoms with Gasteiger partial charge in [-0.05, 0) is 11.6 Å². The molecule has 0 saturated heterocycles. The van der Waals surface area contributed by atoms with E-state index in [0.717, 1.165) is 0 Å². The molecule has 0 atom stereocenters. The number of aromatic nitrogens is 8. The van der Waals surface area contributed by atoms with E-state index in [1.807, 2.05) is 0 Å². The molecule has 0 radical (unpaired) electrons. The summed E-state index contributed by atoms with van der Waals surface area (Å²) in [6.45, 7) is 0. The maximum Gasteiger partial charge on any atom is 0.317 e. The number of thiol groups is 1. The summed E-state index contributed by atoms with van der Waals surface area (Å²) >= 11 is 43.9. The number of rotatable bonds is 1. The minimum atomic E-state index is -3.72. The fraction of sp³-hybridized carbons (Fsp3) is 0.0769. The largest absolute Gasteiger partial charge is 0.317 e. The Morgan fingerprint density at radius 3 is 1.38 bits per heavy atom. The van der Waals surface area contributed by atoms with Gasteiger partial charge in [-0.2, -0.15) is 26.0 Å². The van der Waals surface area contributed by atoms with Gasteiger partial charge in [0.05, 0.1) is 5.75 Å². The maximum atomic E-state index is 9.16. The van der Waals surface area contributed by atoms with Crippen molar-refractivity contribution in [3.8, 4) is 0 Å². The second-order valence-corrected chi connectivity index (χ2v) is 11.7. The standard InChI is InChI=1S/C7H3Cl3N4S.C6Cl4N4.Cl2O2S/c8-4-3-7(12-2(1-15)11-4)14-6(10)5(9)13-3;7-2-1-5(14-6(10)13-2)12-4(9)3(8)11-1;1-5(2,3)4/h15H,1H2;;. The first-order valence-electron chi connectivity index (χ1n) is 7.71. The zero-order valence-electron chi connectivity index (χ0n) is 15.4. The normalized spacial score (nSPS) is 11.0. The van der Waals surface area contributed by atoms with Crippen molar-refractivity contribution in [2.24, 2.45) is 0 Å². The monoisotopic (exact) mass is 682 g/mol. The molecule has 4 aromatic rings. The molecule has 0 aliphatic carbocycles. The van der Waals surface area contributed by atoms with Gasteiger partial charge in [0.2, 0.25) is 5.28 Å². The Hall–Kier alpha value is -0.250. The summed E-state index contributed by atoms with van der Waals surface area (Å²) in [6.07, 6.45) is 0. The first-order valence-corrected chi connectivity index (χ1v) is 14.1. The topological polar surface area (TPSA) is 137 Å². The van der Waals surface area contributed by atoms with Crippen LogP contribution in [0.3, 0.4) is 0 Å². The van der Waals surface area contributed by atoms with E-state index in [-0.39, 0.29) is 47.4 Å². The van der Waals surface area contributed by atoms with Crippen LogP contribution < -0.4 is 0 Å². The van der Waals surface area contributed by atoms with Crippen molar-refractivity contribution in [2.45, 2.75) is 5.75 Å². The zero-order valence-corrected chi connectivity index (χ0v) is 23.9. The predicted octanol–water partition coefficient (Wildman–Crippen LogP) is 6.55. The van der Waals surface area contributed by atoms with E-state index >= 15 is 0 Å². The SMILES string of the molecule is Clc1nc(Cl)c2nc(Cl)c(Cl)nc2n1.O=S(=O)(Cl)Cl.SCc1nc(Cl)c2nc(Cl)c(Cl)nc2n1. The summed E-state index contributed by atoms with van der Waals surface area (Å²) in [6, 6.07) is 0. The molecule has 0 N–H and O–H groups in total. The van der Waals surface area contributed by atoms with Crippen LogP contribution in [0.15, 0.2) is 0 Å². The Balaban J connectivity index is 0.000000202. The van der Waals surface area contributed by atoms with Gasteiger partial charge in [-0.3, -0.25) is 0 Å². The van der Waals surface area contributed by atoms with Crippen LogP contribution in [0.5, 0.6) is 0 Å². The molecule has 0 fully saturated rings. The lowest BCUT2D eigenvalue weighted by atomic mass is 10.5. The van der Waals surface area contributed by atoms with Gasteiger partial charge in [0.1, 0.15) is 16.9 Å². The van der Waals surface area contributed by atoms with Crippen LogP contribution in [-0.4, -0.2) is 48.3 Å². The maximum absolute atomic E-state index is 9.16. The Bertz CT molecular complexity index is 1470. The highest BCUT2D eigenvalue weighted by Crippen LogP contribution is 2.25. The van der Waals surface area contributed by atoms with Crippen molar-refractivity contribution >= 4 is 146 Å². The molecule has 4 heterocycles. The summed E-state index contributed by atoms with van der Waals surface area (Å²) in [4.78, 5) is 31.1. The summed E-state index contributed by atoms with van der Waals surface area (Å²) in [5, 5.41) is 0.519. The average Bonchev–Trinajstić information content (AvgIpc) is 2.70. The van der Waals surface area contributed by atoms with Crippen LogP contribution in [-0.2, 0) is 14.0 Å². The third kappa shape index (κ3) is 9.00. The van der Waals surface area contributed by atoms with Crippen LogP contribution >= 0.6 is 115 Å². The van der Waals surface area contributed by atoms with Crippen molar-refractivity contribution in [3.05, 3.63) is 42.0 Å². The highest BCUT2D eigenvalue weighted by molar-refractivity contribution is 8.31. The number of halogens is 9. The molecule has 0 spiro atoms. The summed E-state index contributed by atoms with van der Waals surface area (Å²) in [5.74, 6) is 0.820. The molecule has 34 heavy (non-hydrogen) atoms. The van der Waals surface area contributed by atoms with Gasteiger partial charge in [-0.25, -0.2) is 34.9 Å². The second-order valence-electron chi connectivity index (χ2n) is 5.21. The van der Waals surface area contributed by atoms with Crippen molar-refractivity contribution in [1.29, 1.82) is 0 Å². The molecule has 10 nitrogen and oxygen atoms in total. The summed E-state index contributed by atoms with van der Waals surface area (Å²) in [5.41, 5.74) is 1.12. The number of fused-ring (bicyclic) bond motifs is 2. The van der Waals surface area contributed by atoms with Gasteiger partial charge in [-0.1, -0.05) is 69.6 Å². The molecule has 0 aromatic carbocycles. The Morgan fingerprint density at radius 2 is 0.941 bits per heavy atom. The van der Waals surface area contributed by atoms with E-state index in [2.05, 4.69) is 73.9 Å². The van der Waals surface area contributed by atoms with Crippen LogP contribution in [0.1, 0.15) is 5.82 Å². The second kappa shape index (κ2) is 12.8. The van der Waals surface area contributed by atoms with E-state index in [4.69, 9.17) is 89.6 Å². The van der Waals surface area contributed by atoms with Crippen molar-refractivity contribution in [2.75, 3.05) is 0 Å². The van der Waals surface area contributed by atoms with Gasteiger partial charge in [-0.15, -0.1) is 0 Å². The smallest absolute Gasteiger partial charge is 0.226 e. The van der Waals surface area contributed by atoms with Crippen molar-refractivity contribution < 1.29 is 8.42 Å². The Labute approximate surface area is 240 Å². The molecule has 4 aromatic heterocycles. The minimum absolute atomic E-state index is 0.0183. The van der Waals surface area contributed by atoms with E-state index in [1.54, 1.807) is 0 Å². The number of hydrogen-bond donors (Lipinski definition) is 1. The fourth-order valence-electron chi connectivity index (χ4n) is 1.84. The molecule has 0 aliphatic rings. The predicted molar refractivity (Wildman–Crippen MR) is 139 cm³/mol. The Morgan fingerprint density at radius 1 is 0.559 bits per heavy atom. The molecule has 0 amide bonds. The molecule has 182 valence electrons. The quantitative estimate of drug-likeness (QED) is 0.102. The Kier molecular flexibility index (Phi) is 11.3. The van der Waals surface area contributed by atoms with Gasteiger partial charge < -0.3 is 0 Å². The number of hydrogen-bond acceptors (Lipinski definition) is 11. The molecule has 0 aliphatic heterocycles. The average molecular weight is 686 g/mol. The van der Waals surface area contributed by atoms with Crippen LogP contribution in [0, 0.1) is 0 Å². The van der Waals surface area contributed by atoms with Gasteiger partial charge in [0.25, 0.3) is 0 Å².